The highest BCUT2D eigenvalue weighted by molar-refractivity contribution is 7.89. The van der Waals surface area contributed by atoms with Gasteiger partial charge in [-0.2, -0.15) is 4.31 Å². The van der Waals surface area contributed by atoms with Crippen LogP contribution in [0.15, 0.2) is 35.4 Å². The van der Waals surface area contributed by atoms with Crippen molar-refractivity contribution in [2.75, 3.05) is 31.6 Å². The normalized spacial score (nSPS) is 15.5. The Hall–Kier alpha value is -2.41. The molecule has 2 heterocycles. The van der Waals surface area contributed by atoms with Crippen molar-refractivity contribution in [1.29, 1.82) is 0 Å². The average Bonchev–Trinajstić information content (AvgIpc) is 3.11. The second-order valence-electron chi connectivity index (χ2n) is 5.26. The molecule has 0 atom stereocenters. The molecule has 3 rings (SSSR count). The zero-order chi connectivity index (χ0) is 18.7. The Morgan fingerprint density at radius 1 is 1.27 bits per heavy atom. The van der Waals surface area contributed by atoms with Gasteiger partial charge in [0, 0.05) is 18.7 Å². The first-order chi connectivity index (χ1) is 12.4. The smallest absolute Gasteiger partial charge is 0.345 e. The predicted molar refractivity (Wildman–Crippen MR) is 92.7 cm³/mol. The van der Waals surface area contributed by atoms with Gasteiger partial charge in [0.15, 0.2) is 5.13 Å². The molecule has 138 valence electrons. The molecule has 0 unspecified atom stereocenters. The van der Waals surface area contributed by atoms with Crippen LogP contribution in [0, 0.1) is 10.1 Å². The fourth-order valence-corrected chi connectivity index (χ4v) is 4.33. The molecule has 1 fully saturated rings. The van der Waals surface area contributed by atoms with Crippen molar-refractivity contribution in [3.05, 3.63) is 46.1 Å². The average molecular weight is 398 g/mol. The number of rotatable bonds is 5. The lowest BCUT2D eigenvalue weighted by Crippen LogP contribution is -2.40. The van der Waals surface area contributed by atoms with Crippen molar-refractivity contribution in [2.45, 2.75) is 4.90 Å². The molecule has 26 heavy (non-hydrogen) atoms. The second kappa shape index (κ2) is 7.45. The van der Waals surface area contributed by atoms with Gasteiger partial charge in [-0.05, 0) is 35.6 Å². The highest BCUT2D eigenvalue weighted by Crippen LogP contribution is 2.25. The Morgan fingerprint density at radius 2 is 1.92 bits per heavy atom. The lowest BCUT2D eigenvalue weighted by Gasteiger charge is -2.26. The quantitative estimate of drug-likeness (QED) is 0.593. The molecule has 0 saturated carbocycles. The van der Waals surface area contributed by atoms with Gasteiger partial charge in [0.1, 0.15) is 6.20 Å². The molecule has 1 saturated heterocycles. The molecule has 10 nitrogen and oxygen atoms in total. The molecule has 0 bridgehead atoms. The summed E-state index contributed by atoms with van der Waals surface area (Å²) in [6.07, 6.45) is 1.05. The fraction of sp³-hybridized carbons (Fsp3) is 0.286. The minimum absolute atomic E-state index is 0.0841. The van der Waals surface area contributed by atoms with Gasteiger partial charge < -0.3 is 4.74 Å². The van der Waals surface area contributed by atoms with E-state index in [1.54, 1.807) is 0 Å². The van der Waals surface area contributed by atoms with E-state index in [0.29, 0.717) is 13.2 Å². The SMILES string of the molecule is O=C(Nc1ncc([N+](=O)[O-])s1)c1ccc(S(=O)(=O)N2CCOCC2)cc1. The van der Waals surface area contributed by atoms with Gasteiger partial charge >= 0.3 is 5.00 Å². The number of hydrogen-bond acceptors (Lipinski definition) is 8. The molecule has 2 aromatic rings. The molecule has 1 N–H and O–H groups in total. The molecule has 1 aromatic heterocycles. The zero-order valence-corrected chi connectivity index (χ0v) is 15.0. The first kappa shape index (κ1) is 18.4. The number of ether oxygens (including phenoxy) is 1. The number of carbonyl (C=O) groups excluding carboxylic acids is 1. The van der Waals surface area contributed by atoms with Gasteiger partial charge in [0.05, 0.1) is 23.0 Å². The van der Waals surface area contributed by atoms with Crippen LogP contribution in [-0.2, 0) is 14.8 Å². The maximum Gasteiger partial charge on any atom is 0.345 e. The number of morpholine rings is 1. The monoisotopic (exact) mass is 398 g/mol. The molecular formula is C14H14N4O6S2. The molecule has 0 radical (unpaired) electrons. The van der Waals surface area contributed by atoms with Crippen molar-refractivity contribution in [1.82, 2.24) is 9.29 Å². The van der Waals surface area contributed by atoms with Crippen LogP contribution in [0.25, 0.3) is 0 Å². The number of nitrogens with one attached hydrogen (secondary N) is 1. The summed E-state index contributed by atoms with van der Waals surface area (Å²) < 4.78 is 31.5. The second-order valence-corrected chi connectivity index (χ2v) is 8.20. The Morgan fingerprint density at radius 3 is 2.50 bits per heavy atom. The summed E-state index contributed by atoms with van der Waals surface area (Å²) in [6, 6.07) is 5.46. The van der Waals surface area contributed by atoms with Gasteiger partial charge in [-0.1, -0.05) is 0 Å². The lowest BCUT2D eigenvalue weighted by molar-refractivity contribution is -0.380. The van der Waals surface area contributed by atoms with Crippen LogP contribution in [0.5, 0.6) is 0 Å². The van der Waals surface area contributed by atoms with E-state index in [2.05, 4.69) is 10.3 Å². The highest BCUT2D eigenvalue weighted by Gasteiger charge is 2.26. The van der Waals surface area contributed by atoms with Crippen molar-refractivity contribution < 1.29 is 22.9 Å². The third-order valence-corrected chi connectivity index (χ3v) is 6.40. The number of amides is 1. The summed E-state index contributed by atoms with van der Waals surface area (Å²) in [7, 11) is -3.63. The van der Waals surface area contributed by atoms with Gasteiger partial charge in [0.2, 0.25) is 10.0 Å². The molecule has 0 spiro atoms. The Balaban J connectivity index is 1.72. The van der Waals surface area contributed by atoms with Crippen LogP contribution < -0.4 is 5.32 Å². The number of thiazole rings is 1. The maximum absolute atomic E-state index is 12.5. The largest absolute Gasteiger partial charge is 0.379 e. The van der Waals surface area contributed by atoms with Gasteiger partial charge in [0.25, 0.3) is 5.91 Å². The van der Waals surface area contributed by atoms with E-state index in [9.17, 15) is 23.3 Å². The highest BCUT2D eigenvalue weighted by atomic mass is 32.2. The third-order valence-electron chi connectivity index (χ3n) is 3.62. The summed E-state index contributed by atoms with van der Waals surface area (Å²) in [6.45, 7) is 1.26. The Bertz CT molecular complexity index is 919. The minimum atomic E-state index is -3.63. The van der Waals surface area contributed by atoms with Crippen LogP contribution in [0.1, 0.15) is 10.4 Å². The molecule has 12 heteroatoms. The first-order valence-corrected chi connectivity index (χ1v) is 9.73. The first-order valence-electron chi connectivity index (χ1n) is 7.47. The van der Waals surface area contributed by atoms with E-state index >= 15 is 0 Å². The number of nitrogens with zero attached hydrogens (tertiary/aromatic N) is 3. The molecule has 1 aliphatic rings. The number of sulfonamides is 1. The topological polar surface area (TPSA) is 132 Å². The lowest BCUT2D eigenvalue weighted by atomic mass is 10.2. The van der Waals surface area contributed by atoms with Crippen LogP contribution in [0.2, 0.25) is 0 Å². The van der Waals surface area contributed by atoms with E-state index in [1.165, 1.54) is 28.6 Å². The van der Waals surface area contributed by atoms with Crippen molar-refractivity contribution in [2.24, 2.45) is 0 Å². The summed E-state index contributed by atoms with van der Waals surface area (Å²) in [4.78, 5) is 26.0. The van der Waals surface area contributed by atoms with E-state index < -0.39 is 20.9 Å². The molecule has 1 aromatic carbocycles. The van der Waals surface area contributed by atoms with E-state index in [-0.39, 0.29) is 33.7 Å². The molecule has 0 aliphatic carbocycles. The van der Waals surface area contributed by atoms with E-state index in [0.717, 1.165) is 17.5 Å². The van der Waals surface area contributed by atoms with Gasteiger partial charge in [-0.3, -0.25) is 20.2 Å². The van der Waals surface area contributed by atoms with Crippen molar-refractivity contribution >= 4 is 37.4 Å². The van der Waals surface area contributed by atoms with Gasteiger partial charge in [-0.15, -0.1) is 0 Å². The molecule has 1 amide bonds. The number of benzene rings is 1. The summed E-state index contributed by atoms with van der Waals surface area (Å²) >= 11 is 0.734. The number of carbonyl (C=O) groups is 1. The summed E-state index contributed by atoms with van der Waals surface area (Å²) in [5, 5.41) is 13.0. The van der Waals surface area contributed by atoms with Crippen LogP contribution in [0.3, 0.4) is 0 Å². The third kappa shape index (κ3) is 3.88. The minimum Gasteiger partial charge on any atom is -0.379 e. The van der Waals surface area contributed by atoms with Crippen LogP contribution in [-0.4, -0.2) is 54.8 Å². The standard InChI is InChI=1S/C14H14N4O6S2/c19-13(16-14-15-9-12(25-14)18(20)21)10-1-3-11(4-2-10)26(22,23)17-5-7-24-8-6-17/h1-4,9H,5-8H2,(H,15,16,19). The predicted octanol–water partition coefficient (Wildman–Crippen LogP) is 1.32. The maximum atomic E-state index is 12.5. The van der Waals surface area contributed by atoms with Gasteiger partial charge in [-0.25, -0.2) is 13.4 Å². The zero-order valence-electron chi connectivity index (χ0n) is 13.3. The number of anilines is 1. The van der Waals surface area contributed by atoms with Crippen molar-refractivity contribution in [3.63, 3.8) is 0 Å². The van der Waals surface area contributed by atoms with Crippen LogP contribution >= 0.6 is 11.3 Å². The number of nitro groups is 1. The summed E-state index contributed by atoms with van der Waals surface area (Å²) in [5.41, 5.74) is 0.212. The fourth-order valence-electron chi connectivity index (χ4n) is 2.29. The van der Waals surface area contributed by atoms with E-state index in [4.69, 9.17) is 4.74 Å². The Labute approximate surface area is 152 Å². The number of hydrogen-bond donors (Lipinski definition) is 1. The number of aromatic nitrogens is 1. The molecule has 1 aliphatic heterocycles. The molecular weight excluding hydrogens is 384 g/mol. The summed E-state index contributed by atoms with van der Waals surface area (Å²) in [5.74, 6) is -0.537. The van der Waals surface area contributed by atoms with E-state index in [1.807, 2.05) is 0 Å². The van der Waals surface area contributed by atoms with Crippen molar-refractivity contribution in [3.8, 4) is 0 Å². The Kier molecular flexibility index (Phi) is 5.27. The van der Waals surface area contributed by atoms with Crippen LogP contribution in [0.4, 0.5) is 10.1 Å².